The molecule has 2 aromatic rings. The molecule has 3 amide bonds. The Hall–Kier alpha value is -3.48. The zero-order chi connectivity index (χ0) is 21.6. The lowest BCUT2D eigenvalue weighted by Gasteiger charge is -2.17. The molecule has 0 fully saturated rings. The average Bonchev–Trinajstić information content (AvgIpc) is 2.64. The molecule has 0 bridgehead atoms. The van der Waals surface area contributed by atoms with Gasteiger partial charge in [0.15, 0.2) is 0 Å². The van der Waals surface area contributed by atoms with Crippen LogP contribution in [0, 0.1) is 12.3 Å². The van der Waals surface area contributed by atoms with Crippen LogP contribution in [0.5, 0.6) is 11.5 Å². The van der Waals surface area contributed by atoms with E-state index in [0.717, 1.165) is 11.3 Å². The number of nitrogens with one attached hydrogen (secondary N) is 2. The van der Waals surface area contributed by atoms with Crippen molar-refractivity contribution in [1.29, 1.82) is 0 Å². The fraction of sp³-hybridized carbons (Fsp3) is 0.273. The molecule has 29 heavy (non-hydrogen) atoms. The number of pyridine rings is 2. The minimum atomic E-state index is -0.666. The lowest BCUT2D eigenvalue weighted by molar-refractivity contribution is -0.127. The Morgan fingerprint density at radius 3 is 2.52 bits per heavy atom. The van der Waals surface area contributed by atoms with Crippen molar-refractivity contribution in [3.63, 3.8) is 0 Å². The molecule has 7 heteroatoms. The minimum absolute atomic E-state index is 0.312. The van der Waals surface area contributed by atoms with Crippen LogP contribution in [-0.2, 0) is 4.79 Å². The lowest BCUT2D eigenvalue weighted by Crippen LogP contribution is -2.41. The van der Waals surface area contributed by atoms with Crippen molar-refractivity contribution in [1.82, 2.24) is 15.3 Å². The number of anilines is 1. The highest BCUT2D eigenvalue weighted by molar-refractivity contribution is 6.02. The second-order valence-corrected chi connectivity index (χ2v) is 7.37. The third-order valence-electron chi connectivity index (χ3n) is 3.97. The summed E-state index contributed by atoms with van der Waals surface area (Å²) in [5.74, 6) is 1.09. The van der Waals surface area contributed by atoms with Gasteiger partial charge in [-0.15, -0.1) is 0 Å². The molecular formula is C22H26N4O3. The summed E-state index contributed by atoms with van der Waals surface area (Å²) in [7, 11) is 0. The van der Waals surface area contributed by atoms with E-state index in [1.807, 2.05) is 19.1 Å². The normalized spacial score (nSPS) is 11.6. The predicted molar refractivity (Wildman–Crippen MR) is 114 cm³/mol. The SMILES string of the molecule is C=C/C(=C\C)c1cc(Oc2ccc(NC(=O)NC(=O)C(C)(C)C)nc2C)ccn1. The van der Waals surface area contributed by atoms with Crippen molar-refractivity contribution in [3.05, 3.63) is 60.6 Å². The maximum Gasteiger partial charge on any atom is 0.327 e. The maximum absolute atomic E-state index is 12.0. The van der Waals surface area contributed by atoms with Gasteiger partial charge in [-0.3, -0.25) is 20.4 Å². The highest BCUT2D eigenvalue weighted by Crippen LogP contribution is 2.27. The summed E-state index contributed by atoms with van der Waals surface area (Å²) in [5, 5.41) is 4.84. The number of nitrogens with zero attached hydrogens (tertiary/aromatic N) is 2. The van der Waals surface area contributed by atoms with E-state index in [1.165, 1.54) is 0 Å². The molecule has 0 aliphatic heterocycles. The van der Waals surface area contributed by atoms with Gasteiger partial charge >= 0.3 is 6.03 Å². The summed E-state index contributed by atoms with van der Waals surface area (Å²) in [6.45, 7) is 12.6. The molecule has 0 atom stereocenters. The van der Waals surface area contributed by atoms with Crippen molar-refractivity contribution in [2.24, 2.45) is 5.41 Å². The van der Waals surface area contributed by atoms with Crippen molar-refractivity contribution >= 4 is 23.3 Å². The fourth-order valence-corrected chi connectivity index (χ4v) is 2.29. The quantitative estimate of drug-likeness (QED) is 0.706. The Kier molecular flexibility index (Phi) is 6.88. The number of carbonyl (C=O) groups is 2. The number of urea groups is 1. The van der Waals surface area contributed by atoms with E-state index in [-0.39, 0.29) is 5.91 Å². The number of aryl methyl sites for hydroxylation is 1. The fourth-order valence-electron chi connectivity index (χ4n) is 2.29. The highest BCUT2D eigenvalue weighted by atomic mass is 16.5. The Morgan fingerprint density at radius 2 is 1.93 bits per heavy atom. The number of aromatic nitrogens is 2. The standard InChI is InChI=1S/C22H26N4O3/c1-7-15(8-2)17-13-16(11-12-23-17)29-18-9-10-19(24-14(18)3)25-21(28)26-20(27)22(4,5)6/h7-13H,1H2,2-6H3,(H2,24,25,26,27,28)/b15-8+. The molecule has 0 spiro atoms. The number of hydrogen-bond donors (Lipinski definition) is 2. The monoisotopic (exact) mass is 394 g/mol. The van der Waals surface area contributed by atoms with E-state index in [1.54, 1.807) is 58.2 Å². The average molecular weight is 394 g/mol. The molecule has 152 valence electrons. The maximum atomic E-state index is 12.0. The number of carbonyl (C=O) groups excluding carboxylic acids is 2. The van der Waals surface area contributed by atoms with Crippen molar-refractivity contribution in [2.45, 2.75) is 34.6 Å². The summed E-state index contributed by atoms with van der Waals surface area (Å²) >= 11 is 0. The van der Waals surface area contributed by atoms with Gasteiger partial charge in [0.05, 0.1) is 11.4 Å². The summed E-state index contributed by atoms with van der Waals surface area (Å²) in [6, 6.07) is 6.23. The summed E-state index contributed by atoms with van der Waals surface area (Å²) in [4.78, 5) is 32.5. The van der Waals surface area contributed by atoms with E-state index in [2.05, 4.69) is 27.2 Å². The third kappa shape index (κ3) is 6.00. The van der Waals surface area contributed by atoms with Crippen LogP contribution in [0.1, 0.15) is 39.1 Å². The Balaban J connectivity index is 2.10. The highest BCUT2D eigenvalue weighted by Gasteiger charge is 2.23. The van der Waals surface area contributed by atoms with Gasteiger partial charge in [0, 0.05) is 17.7 Å². The first-order valence-corrected chi connectivity index (χ1v) is 9.17. The van der Waals surface area contributed by atoms with Crippen molar-refractivity contribution in [3.8, 4) is 11.5 Å². The lowest BCUT2D eigenvalue weighted by atomic mass is 9.96. The molecule has 2 aromatic heterocycles. The summed E-state index contributed by atoms with van der Waals surface area (Å²) < 4.78 is 5.91. The topological polar surface area (TPSA) is 93.2 Å². The molecular weight excluding hydrogens is 368 g/mol. The van der Waals surface area contributed by atoms with Crippen LogP contribution in [0.4, 0.5) is 10.6 Å². The molecule has 0 saturated heterocycles. The number of amides is 3. The Morgan fingerprint density at radius 1 is 1.21 bits per heavy atom. The van der Waals surface area contributed by atoms with Gasteiger partial charge in [-0.25, -0.2) is 9.78 Å². The molecule has 0 aliphatic carbocycles. The van der Waals surface area contributed by atoms with Crippen LogP contribution < -0.4 is 15.4 Å². The molecule has 0 unspecified atom stereocenters. The van der Waals surface area contributed by atoms with Gasteiger partial charge in [-0.05, 0) is 37.6 Å². The first kappa shape index (κ1) is 21.8. The smallest absolute Gasteiger partial charge is 0.327 e. The largest absolute Gasteiger partial charge is 0.455 e. The van der Waals surface area contributed by atoms with Gasteiger partial charge in [-0.1, -0.05) is 39.5 Å². The minimum Gasteiger partial charge on any atom is -0.455 e. The number of imide groups is 1. The van der Waals surface area contributed by atoms with Crippen LogP contribution in [0.25, 0.3) is 5.57 Å². The molecule has 7 nitrogen and oxygen atoms in total. The number of hydrogen-bond acceptors (Lipinski definition) is 5. The summed E-state index contributed by atoms with van der Waals surface area (Å²) in [6.07, 6.45) is 5.31. The van der Waals surface area contributed by atoms with Crippen molar-refractivity contribution < 1.29 is 14.3 Å². The van der Waals surface area contributed by atoms with E-state index >= 15 is 0 Å². The van der Waals surface area contributed by atoms with Gasteiger partial charge in [-0.2, -0.15) is 0 Å². The summed E-state index contributed by atoms with van der Waals surface area (Å²) in [5.41, 5.74) is 1.57. The van der Waals surface area contributed by atoms with Crippen LogP contribution in [0.15, 0.2) is 49.2 Å². The molecule has 2 rings (SSSR count). The second-order valence-electron chi connectivity index (χ2n) is 7.37. The van der Waals surface area contributed by atoms with Crippen molar-refractivity contribution in [2.75, 3.05) is 5.32 Å². The Labute approximate surface area is 170 Å². The first-order valence-electron chi connectivity index (χ1n) is 9.17. The number of ether oxygens (including phenoxy) is 1. The molecule has 2 heterocycles. The first-order chi connectivity index (χ1) is 13.6. The zero-order valence-corrected chi connectivity index (χ0v) is 17.4. The van der Waals surface area contributed by atoms with Crippen LogP contribution >= 0.6 is 0 Å². The molecule has 0 aromatic carbocycles. The molecule has 0 radical (unpaired) electrons. The predicted octanol–water partition coefficient (Wildman–Crippen LogP) is 4.86. The third-order valence-corrected chi connectivity index (χ3v) is 3.97. The second kappa shape index (κ2) is 9.14. The van der Waals surface area contributed by atoms with E-state index in [9.17, 15) is 9.59 Å². The van der Waals surface area contributed by atoms with E-state index < -0.39 is 11.4 Å². The Bertz CT molecular complexity index is 959. The number of allylic oxidation sites excluding steroid dienone is 3. The van der Waals surface area contributed by atoms with Crippen LogP contribution in [0.3, 0.4) is 0 Å². The van der Waals surface area contributed by atoms with E-state index in [0.29, 0.717) is 23.0 Å². The molecule has 2 N–H and O–H groups in total. The van der Waals surface area contributed by atoms with Gasteiger partial charge in [0.2, 0.25) is 5.91 Å². The van der Waals surface area contributed by atoms with Crippen LogP contribution in [-0.4, -0.2) is 21.9 Å². The zero-order valence-electron chi connectivity index (χ0n) is 17.4. The van der Waals surface area contributed by atoms with Gasteiger partial charge in [0.1, 0.15) is 17.3 Å². The molecule has 0 saturated carbocycles. The van der Waals surface area contributed by atoms with E-state index in [4.69, 9.17) is 4.74 Å². The number of rotatable bonds is 5. The van der Waals surface area contributed by atoms with Gasteiger partial charge in [0.25, 0.3) is 0 Å². The molecule has 0 aliphatic rings. The van der Waals surface area contributed by atoms with Crippen LogP contribution in [0.2, 0.25) is 0 Å². The van der Waals surface area contributed by atoms with Gasteiger partial charge < -0.3 is 4.74 Å².